The summed E-state index contributed by atoms with van der Waals surface area (Å²) in [5, 5.41) is 3.26. The van der Waals surface area contributed by atoms with Gasteiger partial charge >= 0.3 is 0 Å². The molecule has 0 heterocycles. The lowest BCUT2D eigenvalue weighted by molar-refractivity contribution is 0.313. The van der Waals surface area contributed by atoms with Crippen LogP contribution in [0.2, 0.25) is 0 Å². The van der Waals surface area contributed by atoms with Crippen LogP contribution >= 0.6 is 0 Å². The van der Waals surface area contributed by atoms with E-state index in [1.807, 2.05) is 0 Å². The average Bonchev–Trinajstić information content (AvgIpc) is 2.39. The van der Waals surface area contributed by atoms with Crippen LogP contribution in [0.1, 0.15) is 46.0 Å². The fourth-order valence-corrected chi connectivity index (χ4v) is 2.68. The van der Waals surface area contributed by atoms with Crippen LogP contribution in [0.5, 0.6) is 0 Å². The summed E-state index contributed by atoms with van der Waals surface area (Å²) >= 11 is 0. The van der Waals surface area contributed by atoms with Gasteiger partial charge in [0.2, 0.25) is 0 Å². The smallest absolute Gasteiger partial charge is 0.128 e. The van der Waals surface area contributed by atoms with Gasteiger partial charge in [-0.1, -0.05) is 20.3 Å². The van der Waals surface area contributed by atoms with Crippen molar-refractivity contribution in [3.8, 4) is 0 Å². The van der Waals surface area contributed by atoms with Crippen LogP contribution in [0.15, 0.2) is 18.2 Å². The Bertz CT molecular complexity index is 395. The fourth-order valence-electron chi connectivity index (χ4n) is 2.68. The summed E-state index contributed by atoms with van der Waals surface area (Å²) < 4.78 is 26.2. The van der Waals surface area contributed by atoms with Crippen molar-refractivity contribution in [2.24, 2.45) is 5.41 Å². The Balaban J connectivity index is 2.00. The van der Waals surface area contributed by atoms with E-state index < -0.39 is 11.6 Å². The van der Waals surface area contributed by atoms with Crippen molar-refractivity contribution in [3.63, 3.8) is 0 Å². The van der Waals surface area contributed by atoms with Crippen molar-refractivity contribution >= 4 is 5.69 Å². The molecule has 0 saturated heterocycles. The number of rotatable bonds is 2. The number of hydrogen-bond donors (Lipinski definition) is 1. The summed E-state index contributed by atoms with van der Waals surface area (Å²) in [7, 11) is 0. The van der Waals surface area contributed by atoms with Gasteiger partial charge < -0.3 is 5.32 Å². The Hall–Kier alpha value is -1.12. The van der Waals surface area contributed by atoms with E-state index in [0.717, 1.165) is 25.3 Å². The largest absolute Gasteiger partial charge is 0.382 e. The summed E-state index contributed by atoms with van der Waals surface area (Å²) in [6.45, 7) is 4.58. The average molecular weight is 253 g/mol. The first-order chi connectivity index (χ1) is 8.44. The number of benzene rings is 1. The molecule has 0 radical (unpaired) electrons. The molecule has 1 atom stereocenters. The van der Waals surface area contributed by atoms with E-state index in [9.17, 15) is 8.78 Å². The molecular weight excluding hydrogens is 232 g/mol. The van der Waals surface area contributed by atoms with E-state index in [1.54, 1.807) is 0 Å². The van der Waals surface area contributed by atoms with E-state index >= 15 is 0 Å². The minimum Gasteiger partial charge on any atom is -0.382 e. The Morgan fingerprint density at radius 3 is 2.39 bits per heavy atom. The molecular formula is C15H21F2N. The SMILES string of the molecule is CC1(C)CCCC(Nc2cc(F)cc(F)c2)CC1. The summed E-state index contributed by atoms with van der Waals surface area (Å²) in [5.74, 6) is -1.04. The number of hydrogen-bond acceptors (Lipinski definition) is 1. The highest BCUT2D eigenvalue weighted by atomic mass is 19.1. The van der Waals surface area contributed by atoms with Crippen LogP contribution in [0, 0.1) is 17.0 Å². The molecule has 2 rings (SSSR count). The van der Waals surface area contributed by atoms with Crippen molar-refractivity contribution in [2.75, 3.05) is 5.32 Å². The van der Waals surface area contributed by atoms with Gasteiger partial charge in [0.15, 0.2) is 0 Å². The third kappa shape index (κ3) is 3.69. The van der Waals surface area contributed by atoms with E-state index in [2.05, 4.69) is 19.2 Å². The monoisotopic (exact) mass is 253 g/mol. The van der Waals surface area contributed by atoms with E-state index in [0.29, 0.717) is 17.1 Å². The molecule has 1 aliphatic rings. The van der Waals surface area contributed by atoms with Crippen molar-refractivity contribution < 1.29 is 8.78 Å². The first-order valence-corrected chi connectivity index (χ1v) is 6.67. The Morgan fingerprint density at radius 1 is 1.06 bits per heavy atom. The number of nitrogens with one attached hydrogen (secondary N) is 1. The van der Waals surface area contributed by atoms with Gasteiger partial charge in [-0.15, -0.1) is 0 Å². The second-order valence-corrected chi connectivity index (χ2v) is 6.09. The van der Waals surface area contributed by atoms with Gasteiger partial charge in [0.25, 0.3) is 0 Å². The molecule has 1 saturated carbocycles. The zero-order valence-electron chi connectivity index (χ0n) is 11.1. The predicted molar refractivity (Wildman–Crippen MR) is 70.6 cm³/mol. The quantitative estimate of drug-likeness (QED) is 0.751. The highest BCUT2D eigenvalue weighted by Crippen LogP contribution is 2.34. The molecule has 0 amide bonds. The zero-order valence-corrected chi connectivity index (χ0v) is 11.1. The molecule has 0 bridgehead atoms. The van der Waals surface area contributed by atoms with E-state index in [-0.39, 0.29) is 0 Å². The third-order valence-electron chi connectivity index (χ3n) is 3.81. The van der Waals surface area contributed by atoms with Crippen LogP contribution in [0.25, 0.3) is 0 Å². The van der Waals surface area contributed by atoms with Gasteiger partial charge in [-0.2, -0.15) is 0 Å². The minimum absolute atomic E-state index is 0.327. The molecule has 0 spiro atoms. The van der Waals surface area contributed by atoms with Gasteiger partial charge in [0.05, 0.1) is 0 Å². The first-order valence-electron chi connectivity index (χ1n) is 6.67. The van der Waals surface area contributed by atoms with Crippen LogP contribution in [0.4, 0.5) is 14.5 Å². The molecule has 1 aliphatic carbocycles. The molecule has 0 aromatic heterocycles. The lowest BCUT2D eigenvalue weighted by Gasteiger charge is -2.22. The topological polar surface area (TPSA) is 12.0 Å². The number of anilines is 1. The van der Waals surface area contributed by atoms with E-state index in [1.165, 1.54) is 25.0 Å². The maximum absolute atomic E-state index is 13.1. The molecule has 1 unspecified atom stereocenters. The lowest BCUT2D eigenvalue weighted by Crippen LogP contribution is -2.19. The summed E-state index contributed by atoms with van der Waals surface area (Å²) in [6, 6.07) is 3.95. The molecule has 0 aliphatic heterocycles. The predicted octanol–water partition coefficient (Wildman–Crippen LogP) is 4.74. The Morgan fingerprint density at radius 2 is 1.72 bits per heavy atom. The standard InChI is InChI=1S/C15H21F2N/c1-15(2)6-3-4-13(5-7-15)18-14-9-11(16)8-12(17)10-14/h8-10,13,18H,3-7H2,1-2H3. The third-order valence-corrected chi connectivity index (χ3v) is 3.81. The van der Waals surface area contributed by atoms with E-state index in [4.69, 9.17) is 0 Å². The normalized spacial score (nSPS) is 23.4. The molecule has 1 aromatic carbocycles. The maximum atomic E-state index is 13.1. The van der Waals surface area contributed by atoms with Crippen molar-refractivity contribution in [2.45, 2.75) is 52.0 Å². The lowest BCUT2D eigenvalue weighted by atomic mass is 9.85. The molecule has 100 valence electrons. The minimum atomic E-state index is -0.522. The van der Waals surface area contributed by atoms with Gasteiger partial charge in [0.1, 0.15) is 11.6 Å². The van der Waals surface area contributed by atoms with Crippen molar-refractivity contribution in [1.82, 2.24) is 0 Å². The summed E-state index contributed by atoms with van der Waals surface area (Å²) in [6.07, 6.45) is 5.68. The first kappa shape index (κ1) is 13.3. The van der Waals surface area contributed by atoms with Crippen LogP contribution in [-0.2, 0) is 0 Å². The van der Waals surface area contributed by atoms with Gasteiger partial charge in [-0.3, -0.25) is 0 Å². The summed E-state index contributed by atoms with van der Waals surface area (Å²) in [5.41, 5.74) is 0.945. The molecule has 1 nitrogen and oxygen atoms in total. The van der Waals surface area contributed by atoms with Gasteiger partial charge in [0, 0.05) is 17.8 Å². The van der Waals surface area contributed by atoms with Crippen LogP contribution in [-0.4, -0.2) is 6.04 Å². The highest BCUT2D eigenvalue weighted by Gasteiger charge is 2.24. The maximum Gasteiger partial charge on any atom is 0.128 e. The zero-order chi connectivity index (χ0) is 13.2. The Kier molecular flexibility index (Phi) is 3.88. The van der Waals surface area contributed by atoms with Gasteiger partial charge in [-0.25, -0.2) is 8.78 Å². The highest BCUT2D eigenvalue weighted by molar-refractivity contribution is 5.44. The van der Waals surface area contributed by atoms with Crippen LogP contribution in [0.3, 0.4) is 0 Å². The molecule has 1 aromatic rings. The van der Waals surface area contributed by atoms with Crippen molar-refractivity contribution in [1.29, 1.82) is 0 Å². The van der Waals surface area contributed by atoms with Gasteiger partial charge in [-0.05, 0) is 43.2 Å². The number of halogens is 2. The molecule has 3 heteroatoms. The van der Waals surface area contributed by atoms with Crippen molar-refractivity contribution in [3.05, 3.63) is 29.8 Å². The molecule has 18 heavy (non-hydrogen) atoms. The summed E-state index contributed by atoms with van der Waals surface area (Å²) in [4.78, 5) is 0. The second-order valence-electron chi connectivity index (χ2n) is 6.09. The second kappa shape index (κ2) is 5.25. The fraction of sp³-hybridized carbons (Fsp3) is 0.600. The van der Waals surface area contributed by atoms with Crippen LogP contribution < -0.4 is 5.32 Å². The molecule has 1 N–H and O–H groups in total. The molecule has 1 fully saturated rings. The Labute approximate surface area is 108 Å².